The molecule has 0 atom stereocenters. The summed E-state index contributed by atoms with van der Waals surface area (Å²) in [4.78, 5) is 10.5. The third-order valence-corrected chi connectivity index (χ3v) is 2.23. The smallest absolute Gasteiger partial charge is 0.222 e. The van der Waals surface area contributed by atoms with Gasteiger partial charge in [-0.25, -0.2) is 9.97 Å². The van der Waals surface area contributed by atoms with Crippen LogP contribution in [0.3, 0.4) is 0 Å². The van der Waals surface area contributed by atoms with Gasteiger partial charge in [0.15, 0.2) is 0 Å². The zero-order valence-corrected chi connectivity index (χ0v) is 10.2. The fourth-order valence-electron chi connectivity index (χ4n) is 1.20. The molecule has 16 heavy (non-hydrogen) atoms. The van der Waals surface area contributed by atoms with Gasteiger partial charge in [-0.15, -0.1) is 0 Å². The van der Waals surface area contributed by atoms with E-state index in [1.165, 1.54) is 0 Å². The van der Waals surface area contributed by atoms with E-state index in [9.17, 15) is 0 Å². The first-order valence-corrected chi connectivity index (χ1v) is 5.42. The Balaban J connectivity index is 2.17. The molecular formula is C11H20N4O. The maximum Gasteiger partial charge on any atom is 0.222 e. The number of anilines is 1. The van der Waals surface area contributed by atoms with E-state index < -0.39 is 0 Å². The van der Waals surface area contributed by atoms with Gasteiger partial charge in [0, 0.05) is 39.1 Å². The van der Waals surface area contributed by atoms with Crippen LogP contribution in [0.2, 0.25) is 0 Å². The van der Waals surface area contributed by atoms with Crippen LogP contribution in [0.15, 0.2) is 12.4 Å². The lowest BCUT2D eigenvalue weighted by Crippen LogP contribution is -2.28. The molecule has 1 aromatic heterocycles. The van der Waals surface area contributed by atoms with Crippen LogP contribution in [0.5, 0.6) is 0 Å². The SMILES string of the molecule is COCCN(C)CCNc1ncc(C)cn1. The molecule has 0 amide bonds. The fraction of sp³-hybridized carbons (Fsp3) is 0.636. The first-order valence-electron chi connectivity index (χ1n) is 5.42. The van der Waals surface area contributed by atoms with Crippen LogP contribution in [-0.2, 0) is 4.74 Å². The van der Waals surface area contributed by atoms with Crippen LogP contribution in [0.25, 0.3) is 0 Å². The number of methoxy groups -OCH3 is 1. The Morgan fingerprint density at radius 3 is 2.62 bits per heavy atom. The highest BCUT2D eigenvalue weighted by Crippen LogP contribution is 1.97. The summed E-state index contributed by atoms with van der Waals surface area (Å²) in [6, 6.07) is 0. The number of aromatic nitrogens is 2. The van der Waals surface area contributed by atoms with E-state index in [0.717, 1.165) is 31.8 Å². The van der Waals surface area contributed by atoms with Crippen molar-refractivity contribution in [2.75, 3.05) is 45.7 Å². The molecule has 0 unspecified atom stereocenters. The molecule has 0 aliphatic rings. The van der Waals surface area contributed by atoms with Gasteiger partial charge in [0.05, 0.1) is 6.61 Å². The highest BCUT2D eigenvalue weighted by atomic mass is 16.5. The second-order valence-electron chi connectivity index (χ2n) is 3.81. The molecule has 1 aromatic rings. The van der Waals surface area contributed by atoms with Gasteiger partial charge in [-0.3, -0.25) is 0 Å². The number of rotatable bonds is 7. The predicted octanol–water partition coefficient (Wildman–Crippen LogP) is 0.775. The van der Waals surface area contributed by atoms with Crippen molar-refractivity contribution >= 4 is 5.95 Å². The van der Waals surface area contributed by atoms with Crippen LogP contribution in [-0.4, -0.2) is 55.3 Å². The minimum absolute atomic E-state index is 0.686. The van der Waals surface area contributed by atoms with Gasteiger partial charge in [0.1, 0.15) is 0 Å². The molecule has 0 saturated carbocycles. The fourth-order valence-corrected chi connectivity index (χ4v) is 1.20. The molecule has 0 radical (unpaired) electrons. The molecule has 0 saturated heterocycles. The van der Waals surface area contributed by atoms with Crippen molar-refractivity contribution in [1.82, 2.24) is 14.9 Å². The molecule has 0 aromatic carbocycles. The van der Waals surface area contributed by atoms with Gasteiger partial charge < -0.3 is 15.0 Å². The minimum Gasteiger partial charge on any atom is -0.383 e. The quantitative estimate of drug-likeness (QED) is 0.741. The average molecular weight is 224 g/mol. The van der Waals surface area contributed by atoms with Crippen molar-refractivity contribution in [3.05, 3.63) is 18.0 Å². The highest BCUT2D eigenvalue weighted by molar-refractivity contribution is 5.23. The van der Waals surface area contributed by atoms with E-state index in [1.54, 1.807) is 7.11 Å². The molecule has 90 valence electrons. The Morgan fingerprint density at radius 2 is 2.00 bits per heavy atom. The average Bonchev–Trinajstić information content (AvgIpc) is 2.29. The molecule has 5 heteroatoms. The maximum atomic E-state index is 5.00. The molecule has 0 aliphatic heterocycles. The monoisotopic (exact) mass is 224 g/mol. The Hall–Kier alpha value is -1.20. The van der Waals surface area contributed by atoms with Gasteiger partial charge in [-0.1, -0.05) is 0 Å². The molecular weight excluding hydrogens is 204 g/mol. The van der Waals surface area contributed by atoms with Crippen molar-refractivity contribution in [3.8, 4) is 0 Å². The Kier molecular flexibility index (Phi) is 5.74. The van der Waals surface area contributed by atoms with Gasteiger partial charge in [-0.05, 0) is 19.5 Å². The van der Waals surface area contributed by atoms with Gasteiger partial charge >= 0.3 is 0 Å². The minimum atomic E-state index is 0.686. The van der Waals surface area contributed by atoms with Crippen molar-refractivity contribution in [3.63, 3.8) is 0 Å². The Bertz CT molecular complexity index is 289. The molecule has 0 fully saturated rings. The lowest BCUT2D eigenvalue weighted by Gasteiger charge is -2.15. The molecule has 1 N–H and O–H groups in total. The van der Waals surface area contributed by atoms with Crippen molar-refractivity contribution in [2.45, 2.75) is 6.92 Å². The van der Waals surface area contributed by atoms with E-state index >= 15 is 0 Å². The van der Waals surface area contributed by atoms with Crippen molar-refractivity contribution in [2.24, 2.45) is 0 Å². The molecule has 0 bridgehead atoms. The third kappa shape index (κ3) is 5.04. The van der Waals surface area contributed by atoms with Gasteiger partial charge in [-0.2, -0.15) is 0 Å². The summed E-state index contributed by atoms with van der Waals surface area (Å²) in [5.41, 5.74) is 1.07. The van der Waals surface area contributed by atoms with E-state index in [0.29, 0.717) is 5.95 Å². The Labute approximate surface area is 96.8 Å². The molecule has 1 heterocycles. The van der Waals surface area contributed by atoms with Crippen molar-refractivity contribution < 1.29 is 4.74 Å². The highest BCUT2D eigenvalue weighted by Gasteiger charge is 1.98. The number of aryl methyl sites for hydroxylation is 1. The number of likely N-dealkylation sites (N-methyl/N-ethyl adjacent to an activating group) is 1. The third-order valence-electron chi connectivity index (χ3n) is 2.23. The summed E-state index contributed by atoms with van der Waals surface area (Å²) in [6.07, 6.45) is 3.62. The first kappa shape index (κ1) is 12.9. The van der Waals surface area contributed by atoms with Gasteiger partial charge in [0.25, 0.3) is 0 Å². The van der Waals surface area contributed by atoms with E-state index in [1.807, 2.05) is 19.3 Å². The lowest BCUT2D eigenvalue weighted by molar-refractivity contribution is 0.163. The standard InChI is InChI=1S/C11H20N4O/c1-10-8-13-11(14-9-10)12-4-5-15(2)6-7-16-3/h8-9H,4-7H2,1-3H3,(H,12,13,14). The topological polar surface area (TPSA) is 50.3 Å². The molecule has 0 aliphatic carbocycles. The predicted molar refractivity (Wildman–Crippen MR) is 64.6 cm³/mol. The second-order valence-corrected chi connectivity index (χ2v) is 3.81. The number of hydrogen-bond donors (Lipinski definition) is 1. The summed E-state index contributed by atoms with van der Waals surface area (Å²) >= 11 is 0. The summed E-state index contributed by atoms with van der Waals surface area (Å²) in [5.74, 6) is 0.686. The lowest BCUT2D eigenvalue weighted by atomic mass is 10.4. The zero-order valence-electron chi connectivity index (χ0n) is 10.2. The van der Waals surface area contributed by atoms with Crippen LogP contribution in [0, 0.1) is 6.92 Å². The van der Waals surface area contributed by atoms with Crippen LogP contribution in [0.4, 0.5) is 5.95 Å². The normalized spacial score (nSPS) is 10.8. The summed E-state index contributed by atoms with van der Waals surface area (Å²) in [5, 5.41) is 3.17. The van der Waals surface area contributed by atoms with Crippen LogP contribution < -0.4 is 5.32 Å². The van der Waals surface area contributed by atoms with E-state index in [4.69, 9.17) is 4.74 Å². The van der Waals surface area contributed by atoms with E-state index in [-0.39, 0.29) is 0 Å². The number of hydrogen-bond acceptors (Lipinski definition) is 5. The summed E-state index contributed by atoms with van der Waals surface area (Å²) in [6.45, 7) is 5.46. The van der Waals surface area contributed by atoms with Crippen molar-refractivity contribution in [1.29, 1.82) is 0 Å². The number of ether oxygens (including phenoxy) is 1. The van der Waals surface area contributed by atoms with Crippen LogP contribution in [0.1, 0.15) is 5.56 Å². The molecule has 1 rings (SSSR count). The second kappa shape index (κ2) is 7.14. The summed E-state index contributed by atoms with van der Waals surface area (Å²) < 4.78 is 5.00. The van der Waals surface area contributed by atoms with Crippen LogP contribution >= 0.6 is 0 Å². The van der Waals surface area contributed by atoms with E-state index in [2.05, 4.69) is 27.2 Å². The molecule has 0 spiro atoms. The molecule has 5 nitrogen and oxygen atoms in total. The Morgan fingerprint density at radius 1 is 1.31 bits per heavy atom. The summed E-state index contributed by atoms with van der Waals surface area (Å²) in [7, 11) is 3.78. The largest absolute Gasteiger partial charge is 0.383 e. The number of nitrogens with zero attached hydrogens (tertiary/aromatic N) is 3. The van der Waals surface area contributed by atoms with Gasteiger partial charge in [0.2, 0.25) is 5.95 Å². The zero-order chi connectivity index (χ0) is 11.8. The maximum absolute atomic E-state index is 5.00. The number of nitrogens with one attached hydrogen (secondary N) is 1. The first-order chi connectivity index (χ1) is 7.72.